The van der Waals surface area contributed by atoms with Crippen LogP contribution in [0.5, 0.6) is 0 Å². The van der Waals surface area contributed by atoms with Crippen molar-refractivity contribution in [3.63, 3.8) is 0 Å². The number of carbonyl (C=O) groups excluding carboxylic acids is 1. The van der Waals surface area contributed by atoms with Crippen molar-refractivity contribution in [2.24, 2.45) is 0 Å². The maximum Gasteiger partial charge on any atom is 0.235 e. The van der Waals surface area contributed by atoms with Gasteiger partial charge in [0.25, 0.3) is 0 Å². The fraction of sp³-hybridized carbons (Fsp3) is 0.174. The predicted octanol–water partition coefficient (Wildman–Crippen LogP) is 4.60. The molecule has 1 fully saturated rings. The normalized spacial score (nSPS) is 19.8. The SMILES string of the molecule is O=C1C(c2ccc(F)cc2)C(c2ccc(CS(=O)O)cc2)CN1c1ccccc1F. The number of hydrogen-bond donors (Lipinski definition) is 1. The van der Waals surface area contributed by atoms with E-state index in [1.54, 1.807) is 42.5 Å². The zero-order chi connectivity index (χ0) is 21.3. The number of amides is 1. The van der Waals surface area contributed by atoms with Crippen LogP contribution in [0, 0.1) is 11.6 Å². The van der Waals surface area contributed by atoms with Crippen LogP contribution in [0.3, 0.4) is 0 Å². The second kappa shape index (κ2) is 8.45. The summed E-state index contributed by atoms with van der Waals surface area (Å²) in [5.41, 5.74) is 2.42. The molecule has 3 aromatic rings. The maximum atomic E-state index is 14.4. The minimum Gasteiger partial charge on any atom is -0.308 e. The van der Waals surface area contributed by atoms with Gasteiger partial charge in [-0.15, -0.1) is 0 Å². The van der Waals surface area contributed by atoms with E-state index in [9.17, 15) is 17.8 Å². The van der Waals surface area contributed by atoms with Crippen LogP contribution in [-0.2, 0) is 21.6 Å². The second-order valence-electron chi connectivity index (χ2n) is 7.24. The molecule has 0 saturated carbocycles. The Morgan fingerprint density at radius 3 is 2.20 bits per heavy atom. The summed E-state index contributed by atoms with van der Waals surface area (Å²) in [6, 6.07) is 19.1. The average molecular weight is 427 g/mol. The number of anilines is 1. The van der Waals surface area contributed by atoms with E-state index in [2.05, 4.69) is 0 Å². The summed E-state index contributed by atoms with van der Waals surface area (Å²) in [4.78, 5) is 14.8. The van der Waals surface area contributed by atoms with Crippen LogP contribution < -0.4 is 4.90 Å². The summed E-state index contributed by atoms with van der Waals surface area (Å²) in [6.07, 6.45) is 0. The van der Waals surface area contributed by atoms with E-state index in [0.29, 0.717) is 11.1 Å². The van der Waals surface area contributed by atoms with Crippen molar-refractivity contribution >= 4 is 22.7 Å². The third-order valence-electron chi connectivity index (χ3n) is 5.38. The molecule has 0 radical (unpaired) electrons. The van der Waals surface area contributed by atoms with E-state index in [4.69, 9.17) is 4.55 Å². The molecule has 3 aromatic carbocycles. The van der Waals surface area contributed by atoms with E-state index in [1.165, 1.54) is 23.1 Å². The molecule has 3 unspecified atom stereocenters. The number of para-hydroxylation sites is 1. The van der Waals surface area contributed by atoms with E-state index < -0.39 is 28.6 Å². The molecule has 154 valence electrons. The molecule has 30 heavy (non-hydrogen) atoms. The molecule has 0 aliphatic carbocycles. The first-order chi connectivity index (χ1) is 14.4. The van der Waals surface area contributed by atoms with Crippen molar-refractivity contribution in [1.29, 1.82) is 0 Å². The summed E-state index contributed by atoms with van der Waals surface area (Å²) in [6.45, 7) is 0.271. The number of hydrogen-bond acceptors (Lipinski definition) is 2. The van der Waals surface area contributed by atoms with E-state index in [0.717, 1.165) is 5.56 Å². The Bertz CT molecular complexity index is 1090. The van der Waals surface area contributed by atoms with E-state index >= 15 is 0 Å². The summed E-state index contributed by atoms with van der Waals surface area (Å²) < 4.78 is 48.0. The van der Waals surface area contributed by atoms with Gasteiger partial charge >= 0.3 is 0 Å². The van der Waals surface area contributed by atoms with Gasteiger partial charge in [0.1, 0.15) is 11.6 Å². The van der Waals surface area contributed by atoms with Crippen LogP contribution in [0.15, 0.2) is 72.8 Å². The molecule has 1 heterocycles. The first kappa shape index (κ1) is 20.4. The fourth-order valence-electron chi connectivity index (χ4n) is 3.97. The third kappa shape index (κ3) is 4.04. The summed E-state index contributed by atoms with van der Waals surface area (Å²) in [7, 11) is 0. The molecular formula is C23H19F2NO3S. The minimum atomic E-state index is -1.94. The summed E-state index contributed by atoms with van der Waals surface area (Å²) >= 11 is -1.94. The number of benzene rings is 3. The topological polar surface area (TPSA) is 57.6 Å². The first-order valence-electron chi connectivity index (χ1n) is 9.41. The van der Waals surface area contributed by atoms with Gasteiger partial charge in [-0.05, 0) is 41.0 Å². The van der Waals surface area contributed by atoms with Crippen molar-refractivity contribution in [2.75, 3.05) is 11.4 Å². The highest BCUT2D eigenvalue weighted by Gasteiger charge is 2.43. The molecule has 1 aliphatic heterocycles. The largest absolute Gasteiger partial charge is 0.308 e. The first-order valence-corrected chi connectivity index (χ1v) is 10.7. The smallest absolute Gasteiger partial charge is 0.235 e. The Morgan fingerprint density at radius 1 is 0.933 bits per heavy atom. The van der Waals surface area contributed by atoms with Crippen molar-refractivity contribution in [2.45, 2.75) is 17.6 Å². The average Bonchev–Trinajstić information content (AvgIpc) is 3.06. The molecule has 0 bridgehead atoms. The van der Waals surface area contributed by atoms with Gasteiger partial charge < -0.3 is 9.45 Å². The lowest BCUT2D eigenvalue weighted by molar-refractivity contribution is -0.118. The van der Waals surface area contributed by atoms with Crippen molar-refractivity contribution in [1.82, 2.24) is 0 Å². The molecular weight excluding hydrogens is 408 g/mol. The van der Waals surface area contributed by atoms with Gasteiger partial charge in [-0.2, -0.15) is 0 Å². The third-order valence-corrected chi connectivity index (χ3v) is 5.96. The summed E-state index contributed by atoms with van der Waals surface area (Å²) in [5, 5.41) is 0. The van der Waals surface area contributed by atoms with Crippen molar-refractivity contribution in [3.05, 3.63) is 101 Å². The molecule has 4 rings (SSSR count). The van der Waals surface area contributed by atoms with Gasteiger partial charge in [0.2, 0.25) is 5.91 Å². The highest BCUT2D eigenvalue weighted by molar-refractivity contribution is 7.78. The van der Waals surface area contributed by atoms with Crippen LogP contribution in [0.4, 0.5) is 14.5 Å². The van der Waals surface area contributed by atoms with Crippen LogP contribution in [0.25, 0.3) is 0 Å². The molecule has 4 nitrogen and oxygen atoms in total. The summed E-state index contributed by atoms with van der Waals surface area (Å²) in [5.74, 6) is -1.98. The van der Waals surface area contributed by atoms with Gasteiger partial charge in [0.15, 0.2) is 11.1 Å². The highest BCUT2D eigenvalue weighted by Crippen LogP contribution is 2.43. The monoisotopic (exact) mass is 427 g/mol. The molecule has 7 heteroatoms. The molecule has 0 spiro atoms. The Balaban J connectivity index is 1.73. The minimum absolute atomic E-state index is 0.0205. The Hall–Kier alpha value is -2.90. The van der Waals surface area contributed by atoms with Crippen molar-refractivity contribution in [3.8, 4) is 0 Å². The lowest BCUT2D eigenvalue weighted by Crippen LogP contribution is -2.27. The van der Waals surface area contributed by atoms with Crippen LogP contribution >= 0.6 is 0 Å². The van der Waals surface area contributed by atoms with Crippen LogP contribution in [0.1, 0.15) is 28.5 Å². The molecule has 1 amide bonds. The highest BCUT2D eigenvalue weighted by atomic mass is 32.2. The second-order valence-corrected chi connectivity index (χ2v) is 8.18. The van der Waals surface area contributed by atoms with Gasteiger partial charge in [0, 0.05) is 12.5 Å². The van der Waals surface area contributed by atoms with Gasteiger partial charge in [-0.3, -0.25) is 4.79 Å². The number of rotatable bonds is 5. The van der Waals surface area contributed by atoms with Gasteiger partial charge in [-0.1, -0.05) is 48.5 Å². The van der Waals surface area contributed by atoms with Crippen LogP contribution in [-0.4, -0.2) is 21.2 Å². The fourth-order valence-corrected chi connectivity index (χ4v) is 4.44. The Morgan fingerprint density at radius 2 is 1.57 bits per heavy atom. The molecule has 0 aromatic heterocycles. The standard InChI is InChI=1S/C23H19F2NO3S/c24-18-11-9-17(10-12-18)22-19(16-7-5-15(6-8-16)14-30(28)29)13-26(23(22)27)21-4-2-1-3-20(21)25/h1-12,19,22H,13-14H2,(H,28,29). The maximum absolute atomic E-state index is 14.4. The molecule has 3 atom stereocenters. The molecule has 1 saturated heterocycles. The van der Waals surface area contributed by atoms with E-state index in [1.807, 2.05) is 12.1 Å². The number of halogens is 2. The molecule has 1 aliphatic rings. The Kier molecular flexibility index (Phi) is 5.74. The molecule has 1 N–H and O–H groups in total. The van der Waals surface area contributed by atoms with Gasteiger partial charge in [-0.25, -0.2) is 13.0 Å². The quantitative estimate of drug-likeness (QED) is 0.606. The Labute approximate surface area is 175 Å². The zero-order valence-electron chi connectivity index (χ0n) is 15.9. The van der Waals surface area contributed by atoms with Crippen molar-refractivity contribution < 1.29 is 22.3 Å². The number of nitrogens with zero attached hydrogens (tertiary/aromatic N) is 1. The predicted molar refractivity (Wildman–Crippen MR) is 112 cm³/mol. The van der Waals surface area contributed by atoms with Crippen LogP contribution in [0.2, 0.25) is 0 Å². The lowest BCUT2D eigenvalue weighted by atomic mass is 9.83. The number of carbonyl (C=O) groups is 1. The van der Waals surface area contributed by atoms with Gasteiger partial charge in [0.05, 0.1) is 17.4 Å². The van der Waals surface area contributed by atoms with E-state index in [-0.39, 0.29) is 29.8 Å². The lowest BCUT2D eigenvalue weighted by Gasteiger charge is -2.18. The zero-order valence-corrected chi connectivity index (χ0v) is 16.7.